The van der Waals surface area contributed by atoms with E-state index in [0.717, 1.165) is 69.0 Å². The lowest BCUT2D eigenvalue weighted by Crippen LogP contribution is -2.47. The van der Waals surface area contributed by atoms with Gasteiger partial charge in [0.2, 0.25) is 0 Å². The molecule has 9 nitrogen and oxygen atoms in total. The summed E-state index contributed by atoms with van der Waals surface area (Å²) in [6, 6.07) is 13.6. The van der Waals surface area contributed by atoms with E-state index in [4.69, 9.17) is 9.47 Å². The van der Waals surface area contributed by atoms with Crippen molar-refractivity contribution in [3.8, 4) is 5.75 Å². The van der Waals surface area contributed by atoms with Crippen molar-refractivity contribution in [2.75, 3.05) is 68.7 Å². The topological polar surface area (TPSA) is 95.2 Å². The Labute approximate surface area is 219 Å². The Morgan fingerprint density at radius 3 is 2.32 bits per heavy atom. The summed E-state index contributed by atoms with van der Waals surface area (Å²) in [6.45, 7) is 3.96. The predicted molar refractivity (Wildman–Crippen MR) is 147 cm³/mol. The second-order valence-electron chi connectivity index (χ2n) is 9.56. The molecular weight excluding hydrogens is 470 g/mol. The Hall–Kier alpha value is -3.46. The van der Waals surface area contributed by atoms with Crippen LogP contribution in [-0.2, 0) is 4.74 Å². The molecule has 2 aromatic rings. The van der Waals surface area contributed by atoms with E-state index in [2.05, 4.69) is 31.8 Å². The van der Waals surface area contributed by atoms with Gasteiger partial charge in [0.25, 0.3) is 5.91 Å². The SMILES string of the molecule is COCCNC(=O)c1cc(NC(=O)NC2CCCCC2)ccc1N1CCN(c2ccccc2OC)CC1. The summed E-state index contributed by atoms with van der Waals surface area (Å²) < 4.78 is 10.6. The number of para-hydroxylation sites is 2. The first-order valence-corrected chi connectivity index (χ1v) is 13.2. The van der Waals surface area contributed by atoms with Crippen LogP contribution in [0.15, 0.2) is 42.5 Å². The number of carbonyl (C=O) groups is 2. The zero-order valence-electron chi connectivity index (χ0n) is 21.9. The van der Waals surface area contributed by atoms with Gasteiger partial charge in [0.1, 0.15) is 5.75 Å². The van der Waals surface area contributed by atoms with Crippen molar-refractivity contribution in [3.63, 3.8) is 0 Å². The summed E-state index contributed by atoms with van der Waals surface area (Å²) in [7, 11) is 3.29. The number of hydrogen-bond donors (Lipinski definition) is 3. The van der Waals surface area contributed by atoms with Gasteiger partial charge in [-0.3, -0.25) is 4.79 Å². The van der Waals surface area contributed by atoms with Crippen LogP contribution in [0.4, 0.5) is 21.9 Å². The number of rotatable bonds is 9. The molecule has 1 heterocycles. The number of carbonyl (C=O) groups excluding carboxylic acids is 2. The molecule has 9 heteroatoms. The van der Waals surface area contributed by atoms with E-state index in [1.807, 2.05) is 30.3 Å². The van der Waals surface area contributed by atoms with E-state index in [1.54, 1.807) is 20.3 Å². The van der Waals surface area contributed by atoms with Crippen LogP contribution in [0.2, 0.25) is 0 Å². The molecule has 1 aliphatic carbocycles. The number of piperazine rings is 1. The first-order valence-electron chi connectivity index (χ1n) is 13.2. The quantitative estimate of drug-likeness (QED) is 0.445. The van der Waals surface area contributed by atoms with E-state index in [9.17, 15) is 9.59 Å². The Balaban J connectivity index is 1.47. The number of methoxy groups -OCH3 is 2. The first kappa shape index (κ1) is 26.6. The second-order valence-corrected chi connectivity index (χ2v) is 9.56. The van der Waals surface area contributed by atoms with Gasteiger partial charge < -0.3 is 35.2 Å². The zero-order valence-corrected chi connectivity index (χ0v) is 21.9. The fourth-order valence-corrected chi connectivity index (χ4v) is 5.11. The molecule has 0 spiro atoms. The molecule has 0 radical (unpaired) electrons. The molecule has 4 rings (SSSR count). The van der Waals surface area contributed by atoms with Gasteiger partial charge in [0.15, 0.2) is 0 Å². The Bertz CT molecular complexity index is 1050. The number of amides is 3. The zero-order chi connectivity index (χ0) is 26.0. The molecule has 37 heavy (non-hydrogen) atoms. The van der Waals surface area contributed by atoms with Crippen LogP contribution in [0.1, 0.15) is 42.5 Å². The van der Waals surface area contributed by atoms with Crippen LogP contribution in [0.3, 0.4) is 0 Å². The number of hydrogen-bond acceptors (Lipinski definition) is 6. The van der Waals surface area contributed by atoms with Crippen molar-refractivity contribution >= 4 is 29.0 Å². The molecule has 2 aromatic carbocycles. The molecule has 200 valence electrons. The first-order chi connectivity index (χ1) is 18.1. The Morgan fingerprint density at radius 2 is 1.62 bits per heavy atom. The van der Waals surface area contributed by atoms with Gasteiger partial charge in [0, 0.05) is 57.3 Å². The van der Waals surface area contributed by atoms with Crippen LogP contribution in [0.25, 0.3) is 0 Å². The van der Waals surface area contributed by atoms with Crippen molar-refractivity contribution in [1.82, 2.24) is 10.6 Å². The van der Waals surface area contributed by atoms with Gasteiger partial charge in [-0.1, -0.05) is 31.4 Å². The minimum Gasteiger partial charge on any atom is -0.495 e. The number of ether oxygens (including phenoxy) is 2. The normalized spacial score (nSPS) is 16.3. The van der Waals surface area contributed by atoms with Crippen molar-refractivity contribution < 1.29 is 19.1 Å². The molecule has 2 fully saturated rings. The minimum atomic E-state index is -0.226. The van der Waals surface area contributed by atoms with Crippen molar-refractivity contribution in [1.29, 1.82) is 0 Å². The van der Waals surface area contributed by atoms with Crippen LogP contribution >= 0.6 is 0 Å². The third-order valence-corrected chi connectivity index (χ3v) is 7.08. The smallest absolute Gasteiger partial charge is 0.319 e. The number of benzene rings is 2. The van der Waals surface area contributed by atoms with Crippen LogP contribution in [-0.4, -0.2) is 71.5 Å². The lowest BCUT2D eigenvalue weighted by Gasteiger charge is -2.38. The molecule has 0 unspecified atom stereocenters. The van der Waals surface area contributed by atoms with Gasteiger partial charge in [0.05, 0.1) is 25.0 Å². The van der Waals surface area contributed by atoms with E-state index < -0.39 is 0 Å². The average molecular weight is 510 g/mol. The maximum atomic E-state index is 13.2. The van der Waals surface area contributed by atoms with Crippen molar-refractivity contribution in [3.05, 3.63) is 48.0 Å². The largest absolute Gasteiger partial charge is 0.495 e. The number of anilines is 3. The maximum absolute atomic E-state index is 13.2. The van der Waals surface area contributed by atoms with E-state index in [1.165, 1.54) is 6.42 Å². The summed E-state index contributed by atoms with van der Waals surface area (Å²) in [5, 5.41) is 8.93. The summed E-state index contributed by atoms with van der Waals surface area (Å²) in [5.41, 5.74) is 3.07. The van der Waals surface area contributed by atoms with E-state index >= 15 is 0 Å². The average Bonchev–Trinajstić information content (AvgIpc) is 2.93. The second kappa shape index (κ2) is 13.2. The number of nitrogens with zero attached hydrogens (tertiary/aromatic N) is 2. The molecule has 0 bridgehead atoms. The van der Waals surface area contributed by atoms with Gasteiger partial charge >= 0.3 is 6.03 Å². The monoisotopic (exact) mass is 509 g/mol. The molecule has 1 aliphatic heterocycles. The lowest BCUT2D eigenvalue weighted by molar-refractivity contribution is 0.0937. The fraction of sp³-hybridized carbons (Fsp3) is 0.500. The van der Waals surface area contributed by atoms with Crippen molar-refractivity contribution in [2.45, 2.75) is 38.1 Å². The predicted octanol–water partition coefficient (Wildman–Crippen LogP) is 3.85. The number of nitrogens with one attached hydrogen (secondary N) is 3. The molecule has 2 aliphatic rings. The van der Waals surface area contributed by atoms with Gasteiger partial charge in [-0.25, -0.2) is 4.79 Å². The van der Waals surface area contributed by atoms with E-state index in [0.29, 0.717) is 24.4 Å². The van der Waals surface area contributed by atoms with E-state index in [-0.39, 0.29) is 18.0 Å². The van der Waals surface area contributed by atoms with Gasteiger partial charge in [-0.2, -0.15) is 0 Å². The summed E-state index contributed by atoms with van der Waals surface area (Å²) >= 11 is 0. The van der Waals surface area contributed by atoms with Crippen LogP contribution in [0.5, 0.6) is 5.75 Å². The Morgan fingerprint density at radius 1 is 0.919 bits per heavy atom. The third kappa shape index (κ3) is 7.07. The minimum absolute atomic E-state index is 0.185. The standard InChI is InChI=1S/C28H39N5O4/c1-36-19-14-29-27(34)23-20-22(31-28(35)30-21-8-4-3-5-9-21)12-13-24(23)32-15-17-33(18-16-32)25-10-6-7-11-26(25)37-2/h6-7,10-13,20-21H,3-5,8-9,14-19H2,1-2H3,(H,29,34)(H2,30,31,35). The summed E-state index contributed by atoms with van der Waals surface area (Å²) in [4.78, 5) is 30.3. The fourth-order valence-electron chi connectivity index (χ4n) is 5.11. The maximum Gasteiger partial charge on any atom is 0.319 e. The highest BCUT2D eigenvalue weighted by molar-refractivity contribution is 6.02. The highest BCUT2D eigenvalue weighted by Crippen LogP contribution is 2.31. The number of urea groups is 1. The van der Waals surface area contributed by atoms with Gasteiger partial charge in [-0.05, 0) is 43.2 Å². The highest BCUT2D eigenvalue weighted by Gasteiger charge is 2.24. The molecule has 3 N–H and O–H groups in total. The van der Waals surface area contributed by atoms with Gasteiger partial charge in [-0.15, -0.1) is 0 Å². The highest BCUT2D eigenvalue weighted by atomic mass is 16.5. The Kier molecular flexibility index (Phi) is 9.48. The molecule has 0 aromatic heterocycles. The molecule has 0 atom stereocenters. The molecule has 3 amide bonds. The molecular formula is C28H39N5O4. The third-order valence-electron chi connectivity index (χ3n) is 7.08. The molecule has 1 saturated heterocycles. The molecule has 1 saturated carbocycles. The lowest BCUT2D eigenvalue weighted by atomic mass is 9.96. The van der Waals surface area contributed by atoms with Crippen molar-refractivity contribution in [2.24, 2.45) is 0 Å². The summed E-state index contributed by atoms with van der Waals surface area (Å²) in [6.07, 6.45) is 5.56. The van der Waals surface area contributed by atoms with Crippen LogP contribution < -0.4 is 30.5 Å². The summed E-state index contributed by atoms with van der Waals surface area (Å²) in [5.74, 6) is 0.673. The van der Waals surface area contributed by atoms with Crippen LogP contribution in [0, 0.1) is 0 Å².